The van der Waals surface area contributed by atoms with E-state index in [-0.39, 0.29) is 11.6 Å². The standard InChI is InChI=1S/C23H32N6O3/c1-5-6-7-8-11-25-20(16-29-19-15-24-12-10-18(19)26-22(29)31)27(4)13-9-14-28-17-32-23(2,3)21(28)30/h5-8,10,12,15H,9,11,13-14,16-17H2,1-4H3,(H,26,31)/b6-5-,8-7-,25-20?. The molecule has 2 aromatic rings. The minimum atomic E-state index is -0.748. The van der Waals surface area contributed by atoms with E-state index in [9.17, 15) is 9.59 Å². The highest BCUT2D eigenvalue weighted by molar-refractivity contribution is 5.86. The summed E-state index contributed by atoms with van der Waals surface area (Å²) in [4.78, 5) is 40.4. The molecule has 1 aliphatic heterocycles. The predicted octanol–water partition coefficient (Wildman–Crippen LogP) is 2.17. The fourth-order valence-corrected chi connectivity index (χ4v) is 3.53. The fraction of sp³-hybridized carbons (Fsp3) is 0.478. The van der Waals surface area contributed by atoms with Crippen LogP contribution in [0.4, 0.5) is 0 Å². The maximum Gasteiger partial charge on any atom is 0.326 e. The zero-order chi connectivity index (χ0) is 23.1. The van der Waals surface area contributed by atoms with Gasteiger partial charge in [0.1, 0.15) is 18.2 Å². The van der Waals surface area contributed by atoms with Crippen molar-refractivity contribution < 1.29 is 9.53 Å². The van der Waals surface area contributed by atoms with E-state index in [4.69, 9.17) is 9.73 Å². The number of likely N-dealkylation sites (N-methyl/N-ethyl adjacent to an activating group) is 1. The number of hydrogen-bond acceptors (Lipinski definition) is 5. The van der Waals surface area contributed by atoms with Gasteiger partial charge in [0.25, 0.3) is 5.91 Å². The second kappa shape index (κ2) is 10.4. The van der Waals surface area contributed by atoms with Crippen molar-refractivity contribution in [2.24, 2.45) is 4.99 Å². The normalized spacial score (nSPS) is 16.8. The third-order valence-electron chi connectivity index (χ3n) is 5.44. The number of aliphatic imine (C=N–C) groups is 1. The van der Waals surface area contributed by atoms with E-state index in [2.05, 4.69) is 9.97 Å². The summed E-state index contributed by atoms with van der Waals surface area (Å²) in [6.07, 6.45) is 11.9. The third-order valence-corrected chi connectivity index (χ3v) is 5.44. The van der Waals surface area contributed by atoms with E-state index < -0.39 is 5.60 Å². The van der Waals surface area contributed by atoms with Crippen molar-refractivity contribution in [3.63, 3.8) is 0 Å². The number of amides is 1. The molecule has 0 aromatic carbocycles. The highest BCUT2D eigenvalue weighted by Crippen LogP contribution is 2.21. The van der Waals surface area contributed by atoms with E-state index in [1.54, 1.807) is 41.8 Å². The van der Waals surface area contributed by atoms with Gasteiger partial charge in [-0.25, -0.2) is 4.79 Å². The molecule has 1 aliphatic rings. The van der Waals surface area contributed by atoms with Crippen molar-refractivity contribution in [3.05, 3.63) is 53.2 Å². The van der Waals surface area contributed by atoms with Crippen molar-refractivity contribution in [2.45, 2.75) is 39.3 Å². The Bertz CT molecular complexity index is 1080. The van der Waals surface area contributed by atoms with Crippen LogP contribution in [-0.2, 0) is 16.1 Å². The number of aromatic amines is 1. The van der Waals surface area contributed by atoms with Gasteiger partial charge in [-0.2, -0.15) is 0 Å². The zero-order valence-electron chi connectivity index (χ0n) is 19.2. The summed E-state index contributed by atoms with van der Waals surface area (Å²) in [6.45, 7) is 8.01. The number of rotatable bonds is 9. The van der Waals surface area contributed by atoms with Crippen molar-refractivity contribution in [1.29, 1.82) is 0 Å². The monoisotopic (exact) mass is 440 g/mol. The number of nitrogens with one attached hydrogen (secondary N) is 1. The molecule has 0 atom stereocenters. The van der Waals surface area contributed by atoms with Crippen LogP contribution in [0.3, 0.4) is 0 Å². The van der Waals surface area contributed by atoms with Gasteiger partial charge in [-0.05, 0) is 33.3 Å². The topological polar surface area (TPSA) is 95.8 Å². The average molecular weight is 441 g/mol. The quantitative estimate of drug-likeness (QED) is 0.366. The summed E-state index contributed by atoms with van der Waals surface area (Å²) in [6, 6.07) is 1.78. The van der Waals surface area contributed by atoms with Crippen LogP contribution in [0.1, 0.15) is 27.2 Å². The van der Waals surface area contributed by atoms with Crippen LogP contribution in [-0.4, -0.2) is 75.1 Å². The maximum atomic E-state index is 12.5. The molecule has 32 heavy (non-hydrogen) atoms. The Hall–Kier alpha value is -3.20. The molecule has 1 amide bonds. The Kier molecular flexibility index (Phi) is 7.63. The number of allylic oxidation sites excluding steroid dienone is 3. The molecule has 3 rings (SSSR count). The van der Waals surface area contributed by atoms with Crippen LogP contribution in [0.15, 0.2) is 52.6 Å². The molecule has 1 N–H and O–H groups in total. The van der Waals surface area contributed by atoms with Crippen LogP contribution in [0.5, 0.6) is 0 Å². The van der Waals surface area contributed by atoms with Crippen LogP contribution < -0.4 is 5.69 Å². The second-order valence-corrected chi connectivity index (χ2v) is 8.25. The number of aromatic nitrogens is 3. The molecule has 0 saturated carbocycles. The smallest absolute Gasteiger partial charge is 0.326 e. The van der Waals surface area contributed by atoms with Crippen LogP contribution in [0.2, 0.25) is 0 Å². The molecule has 172 valence electrons. The first-order chi connectivity index (χ1) is 15.3. The molecule has 0 aliphatic carbocycles. The molecule has 3 heterocycles. The fourth-order valence-electron chi connectivity index (χ4n) is 3.53. The van der Waals surface area contributed by atoms with Gasteiger partial charge in [-0.1, -0.05) is 24.3 Å². The molecule has 2 aromatic heterocycles. The first-order valence-corrected chi connectivity index (χ1v) is 10.8. The van der Waals surface area contributed by atoms with Gasteiger partial charge in [0, 0.05) is 26.3 Å². The van der Waals surface area contributed by atoms with E-state index in [1.807, 2.05) is 43.2 Å². The number of hydrogen-bond donors (Lipinski definition) is 1. The number of imidazole rings is 1. The summed E-state index contributed by atoms with van der Waals surface area (Å²) in [5.74, 6) is 0.798. The molecule has 1 fully saturated rings. The number of pyridine rings is 1. The van der Waals surface area contributed by atoms with E-state index >= 15 is 0 Å². The highest BCUT2D eigenvalue weighted by Gasteiger charge is 2.39. The Morgan fingerprint density at radius 2 is 2.19 bits per heavy atom. The largest absolute Gasteiger partial charge is 0.362 e. The van der Waals surface area contributed by atoms with Crippen molar-refractivity contribution in [3.8, 4) is 0 Å². The SMILES string of the molecule is C/C=C\C=C/CN=C(Cn1c(=O)[nH]c2ccncc21)N(C)CCCN1COC(C)(C)C1=O. The number of H-pyrrole nitrogens is 1. The Morgan fingerprint density at radius 3 is 2.91 bits per heavy atom. The third kappa shape index (κ3) is 5.53. The molecular weight excluding hydrogens is 408 g/mol. The minimum absolute atomic E-state index is 0.0148. The van der Waals surface area contributed by atoms with Crippen LogP contribution in [0.25, 0.3) is 11.0 Å². The van der Waals surface area contributed by atoms with Crippen molar-refractivity contribution in [1.82, 2.24) is 24.3 Å². The lowest BCUT2D eigenvalue weighted by atomic mass is 10.1. The summed E-state index contributed by atoms with van der Waals surface area (Å²) in [7, 11) is 1.96. The number of carbonyl (C=O) groups is 1. The number of carbonyl (C=O) groups excluding carboxylic acids is 1. The lowest BCUT2D eigenvalue weighted by Crippen LogP contribution is -2.38. The van der Waals surface area contributed by atoms with Gasteiger partial charge in [-0.3, -0.25) is 19.3 Å². The van der Waals surface area contributed by atoms with Gasteiger partial charge >= 0.3 is 5.69 Å². The summed E-state index contributed by atoms with van der Waals surface area (Å²) in [5.41, 5.74) is 0.545. The molecule has 9 nitrogen and oxygen atoms in total. The predicted molar refractivity (Wildman–Crippen MR) is 126 cm³/mol. The van der Waals surface area contributed by atoms with Gasteiger partial charge < -0.3 is 19.5 Å². The molecule has 0 spiro atoms. The number of amidine groups is 1. The average Bonchev–Trinajstić information content (AvgIpc) is 3.22. The molecule has 9 heteroatoms. The van der Waals surface area contributed by atoms with E-state index in [1.165, 1.54) is 0 Å². The first-order valence-electron chi connectivity index (χ1n) is 10.8. The van der Waals surface area contributed by atoms with E-state index in [0.717, 1.165) is 23.3 Å². The number of nitrogens with zero attached hydrogens (tertiary/aromatic N) is 5. The molecule has 1 saturated heterocycles. The van der Waals surface area contributed by atoms with E-state index in [0.29, 0.717) is 32.9 Å². The molecule has 0 unspecified atom stereocenters. The lowest BCUT2D eigenvalue weighted by molar-refractivity contribution is -0.134. The summed E-state index contributed by atoms with van der Waals surface area (Å²) >= 11 is 0. The lowest BCUT2D eigenvalue weighted by Gasteiger charge is -2.23. The van der Waals surface area contributed by atoms with Gasteiger partial charge in [0.05, 0.1) is 30.3 Å². The van der Waals surface area contributed by atoms with Crippen molar-refractivity contribution in [2.75, 3.05) is 33.4 Å². The first kappa shape index (κ1) is 23.5. The summed E-state index contributed by atoms with van der Waals surface area (Å²) in [5, 5.41) is 0. The number of fused-ring (bicyclic) bond motifs is 1. The molecule has 0 bridgehead atoms. The van der Waals surface area contributed by atoms with Gasteiger partial charge in [0.2, 0.25) is 0 Å². The minimum Gasteiger partial charge on any atom is -0.362 e. The second-order valence-electron chi connectivity index (χ2n) is 8.25. The number of ether oxygens (including phenoxy) is 1. The Morgan fingerprint density at radius 1 is 1.38 bits per heavy atom. The Balaban J connectivity index is 1.70. The Labute approximate surface area is 188 Å². The highest BCUT2D eigenvalue weighted by atomic mass is 16.5. The molecular formula is C23H32N6O3. The van der Waals surface area contributed by atoms with Crippen LogP contribution >= 0.6 is 0 Å². The van der Waals surface area contributed by atoms with Gasteiger partial charge in [0.15, 0.2) is 0 Å². The van der Waals surface area contributed by atoms with Crippen LogP contribution in [0, 0.1) is 0 Å². The summed E-state index contributed by atoms with van der Waals surface area (Å²) < 4.78 is 7.20. The zero-order valence-corrected chi connectivity index (χ0v) is 19.2. The van der Waals surface area contributed by atoms with Crippen molar-refractivity contribution >= 4 is 22.8 Å². The van der Waals surface area contributed by atoms with Gasteiger partial charge in [-0.15, -0.1) is 0 Å². The molecule has 0 radical (unpaired) electrons. The maximum absolute atomic E-state index is 12.5.